The molecule has 1 aliphatic heterocycles. The highest BCUT2D eigenvalue weighted by molar-refractivity contribution is 7.23. The van der Waals surface area contributed by atoms with E-state index in [1.165, 1.54) is 62.2 Å². The van der Waals surface area contributed by atoms with Crippen LogP contribution >= 0.6 is 0 Å². The first-order valence-electron chi connectivity index (χ1n) is 22.2. The Balaban J connectivity index is 1.27. The maximum Gasteiger partial charge on any atom is 0.188 e. The van der Waals surface area contributed by atoms with Crippen LogP contribution in [0.5, 0.6) is 11.5 Å². The summed E-state index contributed by atoms with van der Waals surface area (Å²) in [5.41, 5.74) is 0. The van der Waals surface area contributed by atoms with Crippen LogP contribution in [0, 0.1) is 0 Å². The molecule has 0 aliphatic carbocycles. The van der Waals surface area contributed by atoms with Crippen LogP contribution in [0.3, 0.4) is 0 Å². The molecule has 10 aromatic rings. The fourth-order valence-corrected chi connectivity index (χ4v) is 25.7. The second-order valence-corrected chi connectivity index (χ2v) is 28.1. The third-order valence-electron chi connectivity index (χ3n) is 13.5. The molecular formula is C60H46OSi3. The second kappa shape index (κ2) is 16.7. The molecule has 0 atom stereocenters. The molecule has 11 rings (SSSR count). The maximum atomic E-state index is 7.31. The average Bonchev–Trinajstić information content (AvgIpc) is 3.39. The summed E-state index contributed by atoms with van der Waals surface area (Å²) in [5, 5.41) is 16.0. The summed E-state index contributed by atoms with van der Waals surface area (Å²) in [4.78, 5) is 0. The minimum absolute atomic E-state index is 0.929. The van der Waals surface area contributed by atoms with Crippen LogP contribution in [0.1, 0.15) is 0 Å². The second-order valence-electron chi connectivity index (χ2n) is 16.7. The number of hydrogen-bond donors (Lipinski definition) is 0. The number of rotatable bonds is 10. The summed E-state index contributed by atoms with van der Waals surface area (Å²) < 4.78 is 7.31. The Morgan fingerprint density at radius 1 is 0.234 bits per heavy atom. The van der Waals surface area contributed by atoms with E-state index < -0.39 is 24.2 Å². The summed E-state index contributed by atoms with van der Waals surface area (Å²) >= 11 is 0. The molecule has 0 saturated carbocycles. The van der Waals surface area contributed by atoms with Crippen LogP contribution in [-0.2, 0) is 0 Å². The van der Waals surface area contributed by atoms with Crippen LogP contribution in [0.15, 0.2) is 279 Å². The Hall–Kier alpha value is -7.35. The van der Waals surface area contributed by atoms with Crippen molar-refractivity contribution in [2.45, 2.75) is 0 Å². The van der Waals surface area contributed by atoms with Crippen molar-refractivity contribution in [3.8, 4) is 11.5 Å². The number of hydrogen-bond acceptors (Lipinski definition) is 1. The molecule has 1 heterocycles. The number of benzene rings is 10. The molecule has 0 saturated heterocycles. The van der Waals surface area contributed by atoms with Gasteiger partial charge in [-0.1, -0.05) is 267 Å². The van der Waals surface area contributed by atoms with E-state index in [0.29, 0.717) is 0 Å². The molecule has 0 radical (unpaired) electrons. The lowest BCUT2D eigenvalue weighted by Gasteiger charge is -2.42. The zero-order valence-electron chi connectivity index (χ0n) is 35.5. The first-order valence-corrected chi connectivity index (χ1v) is 28.2. The average molecular weight is 867 g/mol. The van der Waals surface area contributed by atoms with Crippen LogP contribution in [0.4, 0.5) is 0 Å². The Morgan fingerprint density at radius 3 is 0.719 bits per heavy atom. The Kier molecular flexibility index (Phi) is 10.3. The summed E-state index contributed by atoms with van der Waals surface area (Å²) in [5.74, 6) is 1.86. The third kappa shape index (κ3) is 6.25. The van der Waals surface area contributed by atoms with Gasteiger partial charge in [0.05, 0.1) is 0 Å². The molecule has 10 aromatic carbocycles. The number of fused-ring (bicyclic) bond motifs is 2. The monoisotopic (exact) mass is 866 g/mol. The predicted molar refractivity (Wildman–Crippen MR) is 277 cm³/mol. The SMILES string of the molecule is c1ccc([Si](c2ccccc2)(c2ccccc2)c2ccc3c(c2)[Si](c2ccccc2)(c2ccccc2)c2cc([Si](c4ccccc4)(c4ccccc4)c4ccccc4)ccc2O3)cc1. The molecule has 304 valence electrons. The molecular weight excluding hydrogens is 821 g/mol. The molecule has 0 N–H and O–H groups in total. The standard InChI is InChI=1S/C60H46OSi3/c1-9-25-47(26-10-1)62(48-27-11-2-12-28-48,49-29-13-3-14-30-49)55-41-43-57-59(45-55)64(53-37-21-7-22-38-53,54-39-23-8-24-40-54)60-46-56(42-44-58(60)61-57)63(50-31-15-4-16-32-50,51-33-17-5-18-34-51)52-35-19-6-20-36-52/h1-46H. The minimum atomic E-state index is -3.18. The van der Waals surface area contributed by atoms with Gasteiger partial charge in [-0.05, 0) is 74.4 Å². The van der Waals surface area contributed by atoms with Gasteiger partial charge in [0, 0.05) is 0 Å². The first-order chi connectivity index (χ1) is 31.7. The van der Waals surface area contributed by atoms with Gasteiger partial charge in [-0.3, -0.25) is 0 Å². The van der Waals surface area contributed by atoms with E-state index in [-0.39, 0.29) is 0 Å². The van der Waals surface area contributed by atoms with Crippen molar-refractivity contribution in [1.82, 2.24) is 0 Å². The summed E-state index contributed by atoms with van der Waals surface area (Å²) in [6.45, 7) is 0. The number of ether oxygens (including phenoxy) is 1. The van der Waals surface area contributed by atoms with E-state index in [1.54, 1.807) is 0 Å². The fraction of sp³-hybridized carbons (Fsp3) is 0. The zero-order valence-corrected chi connectivity index (χ0v) is 38.5. The van der Waals surface area contributed by atoms with Gasteiger partial charge in [0.15, 0.2) is 24.2 Å². The van der Waals surface area contributed by atoms with Crippen LogP contribution < -0.4 is 67.0 Å². The van der Waals surface area contributed by atoms with E-state index in [4.69, 9.17) is 4.74 Å². The van der Waals surface area contributed by atoms with Crippen LogP contribution in [0.25, 0.3) is 0 Å². The van der Waals surface area contributed by atoms with Crippen LogP contribution in [0.2, 0.25) is 0 Å². The molecule has 0 unspecified atom stereocenters. The van der Waals surface area contributed by atoms with Crippen molar-refractivity contribution >= 4 is 86.5 Å². The van der Waals surface area contributed by atoms with E-state index in [0.717, 1.165) is 11.5 Å². The van der Waals surface area contributed by atoms with Gasteiger partial charge in [-0.15, -0.1) is 0 Å². The van der Waals surface area contributed by atoms with Gasteiger partial charge in [0.25, 0.3) is 0 Å². The summed E-state index contributed by atoms with van der Waals surface area (Å²) in [6.07, 6.45) is 0. The van der Waals surface area contributed by atoms with Crippen LogP contribution in [-0.4, -0.2) is 24.2 Å². The van der Waals surface area contributed by atoms with E-state index in [2.05, 4.69) is 279 Å². The van der Waals surface area contributed by atoms with Crippen molar-refractivity contribution in [3.05, 3.63) is 279 Å². The molecule has 64 heavy (non-hydrogen) atoms. The first kappa shape index (κ1) is 39.5. The quantitative estimate of drug-likeness (QED) is 0.123. The van der Waals surface area contributed by atoms with Crippen molar-refractivity contribution in [3.63, 3.8) is 0 Å². The molecule has 4 heteroatoms. The van der Waals surface area contributed by atoms with Gasteiger partial charge in [-0.25, -0.2) is 0 Å². The molecule has 0 spiro atoms. The smallest absolute Gasteiger partial charge is 0.188 e. The molecule has 0 amide bonds. The largest absolute Gasteiger partial charge is 0.458 e. The van der Waals surface area contributed by atoms with Gasteiger partial charge in [-0.2, -0.15) is 0 Å². The van der Waals surface area contributed by atoms with Crippen molar-refractivity contribution < 1.29 is 4.74 Å². The maximum absolute atomic E-state index is 7.31. The van der Waals surface area contributed by atoms with Gasteiger partial charge < -0.3 is 4.74 Å². The minimum Gasteiger partial charge on any atom is -0.458 e. The Bertz CT molecular complexity index is 2740. The van der Waals surface area contributed by atoms with Crippen molar-refractivity contribution in [1.29, 1.82) is 0 Å². The molecule has 1 aliphatic rings. The van der Waals surface area contributed by atoms with Gasteiger partial charge in [0.1, 0.15) is 11.5 Å². The molecule has 1 nitrogen and oxygen atoms in total. The molecule has 0 bridgehead atoms. The lowest BCUT2D eigenvalue weighted by molar-refractivity contribution is 0.487. The van der Waals surface area contributed by atoms with E-state index in [1.807, 2.05) is 0 Å². The third-order valence-corrected chi connectivity index (χ3v) is 27.9. The van der Waals surface area contributed by atoms with Crippen molar-refractivity contribution in [2.24, 2.45) is 0 Å². The molecule has 0 aromatic heterocycles. The highest BCUT2D eigenvalue weighted by Crippen LogP contribution is 2.30. The fourth-order valence-electron chi connectivity index (χ4n) is 10.8. The van der Waals surface area contributed by atoms with Crippen molar-refractivity contribution in [2.75, 3.05) is 0 Å². The van der Waals surface area contributed by atoms with E-state index >= 15 is 0 Å². The van der Waals surface area contributed by atoms with Gasteiger partial charge in [0.2, 0.25) is 0 Å². The Morgan fingerprint density at radius 2 is 0.469 bits per heavy atom. The summed E-state index contributed by atoms with van der Waals surface area (Å²) in [7, 11) is -9.01. The summed E-state index contributed by atoms with van der Waals surface area (Å²) in [6, 6.07) is 105. The highest BCUT2D eigenvalue weighted by Gasteiger charge is 2.51. The predicted octanol–water partition coefficient (Wildman–Crippen LogP) is 5.92. The van der Waals surface area contributed by atoms with Gasteiger partial charge >= 0.3 is 0 Å². The molecule has 0 fully saturated rings. The highest BCUT2D eigenvalue weighted by atomic mass is 28.3. The zero-order chi connectivity index (χ0) is 42.8. The lowest BCUT2D eigenvalue weighted by Crippen LogP contribution is -2.80. The van der Waals surface area contributed by atoms with E-state index in [9.17, 15) is 0 Å². The normalized spacial score (nSPS) is 12.9. The Labute approximate surface area is 379 Å². The topological polar surface area (TPSA) is 9.23 Å². The lowest BCUT2D eigenvalue weighted by atomic mass is 10.3.